The van der Waals surface area contributed by atoms with Gasteiger partial charge in [-0.1, -0.05) is 286 Å². The molecule has 0 spiro atoms. The molecule has 0 saturated heterocycles. The molecule has 0 fully saturated rings. The van der Waals surface area contributed by atoms with Crippen molar-refractivity contribution in [1.82, 2.24) is 0 Å². The molecule has 0 aliphatic carbocycles. The zero-order chi connectivity index (χ0) is 47.9. The van der Waals surface area contributed by atoms with Crippen molar-refractivity contribution in [2.45, 2.75) is 277 Å². The van der Waals surface area contributed by atoms with Gasteiger partial charge in [-0.25, -0.2) is 0 Å². The van der Waals surface area contributed by atoms with Crippen molar-refractivity contribution in [1.29, 1.82) is 0 Å². The Bertz CT molecular complexity index is 1240. The molecule has 0 aliphatic rings. The van der Waals surface area contributed by atoms with E-state index in [1.54, 1.807) is 0 Å². The van der Waals surface area contributed by atoms with Gasteiger partial charge in [0.1, 0.15) is 13.2 Å². The number of carbonyl (C=O) groups excluding carboxylic acids is 3. The number of hydrogen-bond acceptors (Lipinski definition) is 6. The zero-order valence-electron chi connectivity index (χ0n) is 43.4. The molecule has 0 bridgehead atoms. The van der Waals surface area contributed by atoms with Gasteiger partial charge in [0.15, 0.2) is 6.10 Å². The van der Waals surface area contributed by atoms with Crippen LogP contribution in [0.15, 0.2) is 72.9 Å². The Balaban J connectivity index is 4.43. The van der Waals surface area contributed by atoms with Crippen molar-refractivity contribution in [3.8, 4) is 0 Å². The van der Waals surface area contributed by atoms with Crippen LogP contribution in [0, 0.1) is 0 Å². The van der Waals surface area contributed by atoms with Gasteiger partial charge >= 0.3 is 17.9 Å². The minimum Gasteiger partial charge on any atom is -0.462 e. The van der Waals surface area contributed by atoms with E-state index in [1.807, 2.05) is 60.8 Å². The van der Waals surface area contributed by atoms with Crippen LogP contribution in [-0.2, 0) is 28.6 Å². The fraction of sp³-hybridized carbons (Fsp3) is 0.750. The second kappa shape index (κ2) is 54.5. The first-order chi connectivity index (χ1) is 32.5. The number of ether oxygens (including phenoxy) is 3. The number of hydrogen-bond donors (Lipinski definition) is 0. The summed E-state index contributed by atoms with van der Waals surface area (Å²) in [7, 11) is 0. The lowest BCUT2D eigenvalue weighted by Gasteiger charge is -2.18. The quantitative estimate of drug-likeness (QED) is 0.0262. The molecule has 0 aromatic rings. The molecule has 0 aromatic carbocycles. The number of unbranched alkanes of at least 4 members (excludes halogenated alkanes) is 32. The van der Waals surface area contributed by atoms with E-state index in [9.17, 15) is 14.4 Å². The summed E-state index contributed by atoms with van der Waals surface area (Å²) in [6.45, 7) is 6.48. The standard InChI is InChI=1S/C60H104O6/c1-4-7-10-13-16-19-22-25-27-29-31-32-35-38-41-44-47-50-53-59(62)65-56-57(55-64-58(61)52-49-46-43-40-37-34-24-21-18-15-12-9-6-3)66-60(63)54-51-48-45-42-39-36-33-30-28-26-23-20-17-14-11-8-5-2/h8,11,14,17,20,23,26,28,30,33,36,39,57H,4-7,9-10,12-13,15-16,18-19,21-22,24-25,27,29,31-32,34-35,37-38,40-56H2,1-3H3/b11-8-,17-14-,23-20-,28-26-,33-30+,39-36-. The van der Waals surface area contributed by atoms with E-state index in [1.165, 1.54) is 161 Å². The van der Waals surface area contributed by atoms with Crippen LogP contribution in [0.3, 0.4) is 0 Å². The van der Waals surface area contributed by atoms with Gasteiger partial charge in [0.05, 0.1) is 0 Å². The van der Waals surface area contributed by atoms with E-state index in [2.05, 4.69) is 32.9 Å². The van der Waals surface area contributed by atoms with E-state index in [0.717, 1.165) is 64.2 Å². The van der Waals surface area contributed by atoms with Crippen LogP contribution in [0.25, 0.3) is 0 Å². The van der Waals surface area contributed by atoms with Crippen LogP contribution in [0.2, 0.25) is 0 Å². The normalized spacial score (nSPS) is 12.6. The fourth-order valence-corrected chi connectivity index (χ4v) is 7.95. The molecule has 0 N–H and O–H groups in total. The molecule has 6 nitrogen and oxygen atoms in total. The molecule has 0 amide bonds. The SMILES string of the molecule is CC\C=C/C=C\C=C/C=C\C=C\C=C/CCCCCC(=O)OC(COC(=O)CCCCCCCCCCCCCCC)COC(=O)CCCCCCCCCCCCCCCCCCCC. The van der Waals surface area contributed by atoms with Crippen molar-refractivity contribution >= 4 is 17.9 Å². The number of carbonyl (C=O) groups is 3. The van der Waals surface area contributed by atoms with E-state index in [-0.39, 0.29) is 37.5 Å². The highest BCUT2D eigenvalue weighted by molar-refractivity contribution is 5.71. The van der Waals surface area contributed by atoms with Gasteiger partial charge in [-0.3, -0.25) is 14.4 Å². The average molecular weight is 921 g/mol. The molecule has 0 aromatic heterocycles. The molecule has 1 atom stereocenters. The average Bonchev–Trinajstić information content (AvgIpc) is 3.31. The molecular formula is C60H104O6. The smallest absolute Gasteiger partial charge is 0.306 e. The number of esters is 3. The van der Waals surface area contributed by atoms with Gasteiger partial charge in [-0.2, -0.15) is 0 Å². The highest BCUT2D eigenvalue weighted by atomic mass is 16.6. The Hall–Kier alpha value is -3.15. The molecule has 0 aliphatic heterocycles. The number of rotatable bonds is 50. The second-order valence-corrected chi connectivity index (χ2v) is 18.6. The molecule has 0 heterocycles. The first-order valence-corrected chi connectivity index (χ1v) is 28.0. The minimum atomic E-state index is -0.795. The van der Waals surface area contributed by atoms with E-state index in [0.29, 0.717) is 19.3 Å². The molecular weight excluding hydrogens is 817 g/mol. The first kappa shape index (κ1) is 62.8. The first-order valence-electron chi connectivity index (χ1n) is 28.0. The van der Waals surface area contributed by atoms with E-state index < -0.39 is 6.10 Å². The minimum absolute atomic E-state index is 0.0902. The lowest BCUT2D eigenvalue weighted by atomic mass is 10.0. The Kier molecular flexibility index (Phi) is 51.9. The lowest BCUT2D eigenvalue weighted by molar-refractivity contribution is -0.167. The van der Waals surface area contributed by atoms with Crippen molar-refractivity contribution in [3.05, 3.63) is 72.9 Å². The van der Waals surface area contributed by atoms with Crippen molar-refractivity contribution < 1.29 is 28.6 Å². The topological polar surface area (TPSA) is 78.9 Å². The highest BCUT2D eigenvalue weighted by Crippen LogP contribution is 2.16. The summed E-state index contributed by atoms with van der Waals surface area (Å²) in [6.07, 6.45) is 68.9. The van der Waals surface area contributed by atoms with Crippen LogP contribution in [-0.4, -0.2) is 37.2 Å². The maximum absolute atomic E-state index is 12.8. The Labute approximate surface area is 408 Å². The van der Waals surface area contributed by atoms with Gasteiger partial charge in [-0.15, -0.1) is 0 Å². The van der Waals surface area contributed by atoms with Crippen LogP contribution in [0.5, 0.6) is 0 Å². The van der Waals surface area contributed by atoms with Crippen LogP contribution >= 0.6 is 0 Å². The van der Waals surface area contributed by atoms with Crippen LogP contribution in [0.4, 0.5) is 0 Å². The van der Waals surface area contributed by atoms with Crippen molar-refractivity contribution in [2.24, 2.45) is 0 Å². The Morgan fingerprint density at radius 2 is 0.591 bits per heavy atom. The predicted molar refractivity (Wildman–Crippen MR) is 284 cm³/mol. The van der Waals surface area contributed by atoms with E-state index >= 15 is 0 Å². The number of allylic oxidation sites excluding steroid dienone is 12. The summed E-state index contributed by atoms with van der Waals surface area (Å²) in [4.78, 5) is 38.1. The maximum Gasteiger partial charge on any atom is 0.306 e. The van der Waals surface area contributed by atoms with Crippen LogP contribution in [0.1, 0.15) is 271 Å². The summed E-state index contributed by atoms with van der Waals surface area (Å²) in [6, 6.07) is 0. The second-order valence-electron chi connectivity index (χ2n) is 18.6. The maximum atomic E-state index is 12.8. The third-order valence-electron chi connectivity index (χ3n) is 12.1. The summed E-state index contributed by atoms with van der Waals surface area (Å²) in [5.74, 6) is -0.923. The van der Waals surface area contributed by atoms with Crippen molar-refractivity contribution in [3.63, 3.8) is 0 Å². The van der Waals surface area contributed by atoms with Crippen molar-refractivity contribution in [2.75, 3.05) is 13.2 Å². The highest BCUT2D eigenvalue weighted by Gasteiger charge is 2.19. The lowest BCUT2D eigenvalue weighted by Crippen LogP contribution is -2.30. The molecule has 66 heavy (non-hydrogen) atoms. The van der Waals surface area contributed by atoms with Gasteiger partial charge in [-0.05, 0) is 38.5 Å². The molecule has 0 rings (SSSR count). The molecule has 0 saturated carbocycles. The third-order valence-corrected chi connectivity index (χ3v) is 12.1. The van der Waals surface area contributed by atoms with Gasteiger partial charge in [0.2, 0.25) is 0 Å². The van der Waals surface area contributed by atoms with Gasteiger partial charge < -0.3 is 14.2 Å². The van der Waals surface area contributed by atoms with Crippen LogP contribution < -0.4 is 0 Å². The third kappa shape index (κ3) is 51.8. The molecule has 6 heteroatoms. The predicted octanol–water partition coefficient (Wildman–Crippen LogP) is 18.6. The summed E-state index contributed by atoms with van der Waals surface area (Å²) in [5, 5.41) is 0. The largest absolute Gasteiger partial charge is 0.462 e. The Morgan fingerprint density at radius 3 is 0.924 bits per heavy atom. The van der Waals surface area contributed by atoms with E-state index in [4.69, 9.17) is 14.2 Å². The Morgan fingerprint density at radius 1 is 0.318 bits per heavy atom. The zero-order valence-corrected chi connectivity index (χ0v) is 43.4. The van der Waals surface area contributed by atoms with Gasteiger partial charge in [0, 0.05) is 19.3 Å². The summed E-state index contributed by atoms with van der Waals surface area (Å²) in [5.41, 5.74) is 0. The van der Waals surface area contributed by atoms with Gasteiger partial charge in [0.25, 0.3) is 0 Å². The molecule has 1 unspecified atom stereocenters. The summed E-state index contributed by atoms with van der Waals surface area (Å²) >= 11 is 0. The molecule has 380 valence electrons. The summed E-state index contributed by atoms with van der Waals surface area (Å²) < 4.78 is 16.8. The molecule has 0 radical (unpaired) electrons. The fourth-order valence-electron chi connectivity index (χ4n) is 7.95. The monoisotopic (exact) mass is 921 g/mol.